The predicted molar refractivity (Wildman–Crippen MR) is 119 cm³/mol. The maximum atomic E-state index is 14.1. The molecule has 0 fully saturated rings. The molecule has 1 aliphatic rings. The van der Waals surface area contributed by atoms with Crippen LogP contribution in [-0.2, 0) is 4.79 Å². The van der Waals surface area contributed by atoms with Crippen molar-refractivity contribution in [3.8, 4) is 22.8 Å². The van der Waals surface area contributed by atoms with Gasteiger partial charge in [0.25, 0.3) is 5.91 Å². The standard InChI is InChI=1S/C24H20FN5O3/c1-14(27-24(31)16-9-15-10-17(32-2)7-8-21(15)33-12-16)23-28-22-11-20(26-13-30(22)29-23)18-5-3-4-6-19(18)25/h3-11,13-14H,12H2,1-2H3,(H,27,31)/t14-/m0/s1. The number of hydrogen-bond donors (Lipinski definition) is 1. The number of amides is 1. The van der Waals surface area contributed by atoms with Crippen LogP contribution in [0.2, 0.25) is 0 Å². The Labute approximate surface area is 188 Å². The number of rotatable bonds is 5. The summed E-state index contributed by atoms with van der Waals surface area (Å²) in [5.74, 6) is 1.15. The van der Waals surface area contributed by atoms with E-state index >= 15 is 0 Å². The summed E-state index contributed by atoms with van der Waals surface area (Å²) in [7, 11) is 1.58. The Balaban J connectivity index is 1.35. The van der Waals surface area contributed by atoms with Gasteiger partial charge in [-0.3, -0.25) is 4.79 Å². The molecule has 1 amide bonds. The average molecular weight is 445 g/mol. The van der Waals surface area contributed by atoms with Crippen LogP contribution in [0, 0.1) is 5.82 Å². The predicted octanol–water partition coefficient (Wildman–Crippen LogP) is 3.59. The van der Waals surface area contributed by atoms with Crippen LogP contribution < -0.4 is 14.8 Å². The first-order chi connectivity index (χ1) is 16.0. The van der Waals surface area contributed by atoms with Crippen molar-refractivity contribution >= 4 is 17.6 Å². The summed E-state index contributed by atoms with van der Waals surface area (Å²) in [6, 6.07) is 13.0. The van der Waals surface area contributed by atoms with Gasteiger partial charge in [-0.1, -0.05) is 12.1 Å². The van der Waals surface area contributed by atoms with E-state index in [0.29, 0.717) is 39.8 Å². The quantitative estimate of drug-likeness (QED) is 0.505. The third kappa shape index (κ3) is 4.00. The van der Waals surface area contributed by atoms with Gasteiger partial charge in [0.05, 0.1) is 24.4 Å². The van der Waals surface area contributed by atoms with Crippen molar-refractivity contribution < 1.29 is 18.7 Å². The van der Waals surface area contributed by atoms with Crippen molar-refractivity contribution in [3.63, 3.8) is 0 Å². The van der Waals surface area contributed by atoms with Gasteiger partial charge < -0.3 is 14.8 Å². The van der Waals surface area contributed by atoms with Crippen molar-refractivity contribution in [1.82, 2.24) is 24.9 Å². The molecule has 0 saturated carbocycles. The van der Waals surface area contributed by atoms with E-state index in [9.17, 15) is 9.18 Å². The van der Waals surface area contributed by atoms with Crippen molar-refractivity contribution in [3.05, 3.63) is 77.6 Å². The maximum Gasteiger partial charge on any atom is 0.251 e. The molecule has 0 saturated heterocycles. The van der Waals surface area contributed by atoms with E-state index in [-0.39, 0.29) is 18.3 Å². The second-order valence-electron chi connectivity index (χ2n) is 7.58. The van der Waals surface area contributed by atoms with Gasteiger partial charge in [-0.15, -0.1) is 5.10 Å². The first kappa shape index (κ1) is 20.6. The van der Waals surface area contributed by atoms with Crippen molar-refractivity contribution in [1.29, 1.82) is 0 Å². The Morgan fingerprint density at radius 3 is 2.91 bits per heavy atom. The molecule has 2 aromatic carbocycles. The minimum absolute atomic E-state index is 0.159. The summed E-state index contributed by atoms with van der Waals surface area (Å²) in [6.07, 6.45) is 3.26. The lowest BCUT2D eigenvalue weighted by Crippen LogP contribution is -2.31. The number of carbonyl (C=O) groups is 1. The molecule has 0 unspecified atom stereocenters. The third-order valence-electron chi connectivity index (χ3n) is 5.35. The Kier molecular flexibility index (Phi) is 5.21. The fourth-order valence-corrected chi connectivity index (χ4v) is 3.58. The summed E-state index contributed by atoms with van der Waals surface area (Å²) in [4.78, 5) is 21.6. The normalized spacial score (nSPS) is 13.6. The van der Waals surface area contributed by atoms with Gasteiger partial charge in [0, 0.05) is 17.2 Å². The molecule has 5 rings (SSSR count). The van der Waals surface area contributed by atoms with E-state index in [1.807, 2.05) is 12.1 Å². The van der Waals surface area contributed by atoms with Crippen LogP contribution in [0.25, 0.3) is 23.0 Å². The second-order valence-corrected chi connectivity index (χ2v) is 7.58. The molecule has 4 aromatic rings. The summed E-state index contributed by atoms with van der Waals surface area (Å²) in [5.41, 5.74) is 2.59. The zero-order valence-corrected chi connectivity index (χ0v) is 17.9. The Morgan fingerprint density at radius 2 is 2.09 bits per heavy atom. The second kappa shape index (κ2) is 8.34. The van der Waals surface area contributed by atoms with Crippen LogP contribution in [0.5, 0.6) is 11.5 Å². The van der Waals surface area contributed by atoms with Crippen LogP contribution in [0.1, 0.15) is 24.4 Å². The molecule has 0 aliphatic carbocycles. The number of aromatic nitrogens is 4. The number of carbonyl (C=O) groups excluding carboxylic acids is 1. The smallest absolute Gasteiger partial charge is 0.251 e. The molecule has 1 aliphatic heterocycles. The number of nitrogens with one attached hydrogen (secondary N) is 1. The van der Waals surface area contributed by atoms with Gasteiger partial charge in [-0.25, -0.2) is 18.9 Å². The lowest BCUT2D eigenvalue weighted by molar-refractivity contribution is -0.118. The fraction of sp³-hybridized carbons (Fsp3) is 0.167. The Morgan fingerprint density at radius 1 is 1.24 bits per heavy atom. The molecule has 166 valence electrons. The zero-order valence-electron chi connectivity index (χ0n) is 17.9. The molecular formula is C24H20FN5O3. The van der Waals surface area contributed by atoms with E-state index in [4.69, 9.17) is 9.47 Å². The van der Waals surface area contributed by atoms with Crippen LogP contribution in [-0.4, -0.2) is 39.2 Å². The van der Waals surface area contributed by atoms with Crippen LogP contribution in [0.4, 0.5) is 4.39 Å². The summed E-state index contributed by atoms with van der Waals surface area (Å²) in [5, 5.41) is 7.30. The number of benzene rings is 2. The zero-order chi connectivity index (χ0) is 22.9. The first-order valence-corrected chi connectivity index (χ1v) is 10.3. The molecule has 9 heteroatoms. The largest absolute Gasteiger partial charge is 0.497 e. The maximum absolute atomic E-state index is 14.1. The number of ether oxygens (including phenoxy) is 2. The molecule has 3 heterocycles. The molecule has 0 bridgehead atoms. The van der Waals surface area contributed by atoms with Crippen LogP contribution in [0.15, 0.2) is 60.4 Å². The summed E-state index contributed by atoms with van der Waals surface area (Å²) < 4.78 is 26.5. The van der Waals surface area contributed by atoms with Gasteiger partial charge in [0.15, 0.2) is 11.5 Å². The van der Waals surface area contributed by atoms with Crippen LogP contribution in [0.3, 0.4) is 0 Å². The minimum Gasteiger partial charge on any atom is -0.497 e. The van der Waals surface area contributed by atoms with E-state index in [1.54, 1.807) is 50.4 Å². The summed E-state index contributed by atoms with van der Waals surface area (Å²) >= 11 is 0. The average Bonchev–Trinajstić information content (AvgIpc) is 3.27. The van der Waals surface area contributed by atoms with Gasteiger partial charge >= 0.3 is 0 Å². The van der Waals surface area contributed by atoms with Crippen LogP contribution >= 0.6 is 0 Å². The highest BCUT2D eigenvalue weighted by molar-refractivity contribution is 5.99. The van der Waals surface area contributed by atoms with E-state index in [2.05, 4.69) is 20.4 Å². The van der Waals surface area contributed by atoms with E-state index < -0.39 is 6.04 Å². The highest BCUT2D eigenvalue weighted by Gasteiger charge is 2.21. The lowest BCUT2D eigenvalue weighted by atomic mass is 10.1. The third-order valence-corrected chi connectivity index (χ3v) is 5.35. The monoisotopic (exact) mass is 445 g/mol. The molecule has 33 heavy (non-hydrogen) atoms. The van der Waals surface area contributed by atoms with Crippen molar-refractivity contribution in [2.45, 2.75) is 13.0 Å². The number of fused-ring (bicyclic) bond motifs is 2. The first-order valence-electron chi connectivity index (χ1n) is 10.3. The highest BCUT2D eigenvalue weighted by Crippen LogP contribution is 2.30. The SMILES string of the molecule is COc1ccc2c(c1)C=C(C(=O)N[C@@H](C)c1nc3cc(-c4ccccc4F)ncn3n1)CO2. The molecule has 8 nitrogen and oxygen atoms in total. The van der Waals surface area contributed by atoms with Gasteiger partial charge in [0.1, 0.15) is 30.3 Å². The number of hydrogen-bond acceptors (Lipinski definition) is 6. The van der Waals surface area contributed by atoms with Gasteiger partial charge in [-0.2, -0.15) is 0 Å². The number of halogens is 1. The molecular weight excluding hydrogens is 425 g/mol. The molecule has 2 aromatic heterocycles. The Bertz CT molecular complexity index is 1400. The summed E-state index contributed by atoms with van der Waals surface area (Å²) in [6.45, 7) is 1.95. The number of methoxy groups -OCH3 is 1. The topological polar surface area (TPSA) is 90.6 Å². The lowest BCUT2D eigenvalue weighted by Gasteiger charge is -2.19. The minimum atomic E-state index is -0.470. The fourth-order valence-electron chi connectivity index (χ4n) is 3.58. The van der Waals surface area contributed by atoms with Gasteiger partial charge in [-0.05, 0) is 43.3 Å². The molecule has 0 spiro atoms. The Hall–Kier alpha value is -4.27. The highest BCUT2D eigenvalue weighted by atomic mass is 19.1. The van der Waals surface area contributed by atoms with Gasteiger partial charge in [0.2, 0.25) is 0 Å². The molecule has 1 N–H and O–H groups in total. The number of nitrogens with zero attached hydrogens (tertiary/aromatic N) is 4. The van der Waals surface area contributed by atoms with E-state index in [0.717, 1.165) is 5.56 Å². The van der Waals surface area contributed by atoms with Crippen molar-refractivity contribution in [2.75, 3.05) is 13.7 Å². The molecule has 1 atom stereocenters. The molecule has 0 radical (unpaired) electrons. The van der Waals surface area contributed by atoms with E-state index in [1.165, 1.54) is 16.9 Å². The van der Waals surface area contributed by atoms with Crippen molar-refractivity contribution in [2.24, 2.45) is 0 Å².